The van der Waals surface area contributed by atoms with E-state index in [9.17, 15) is 13.5 Å². The fourth-order valence-corrected chi connectivity index (χ4v) is 2.78. The first-order valence-corrected chi connectivity index (χ1v) is 7.79. The van der Waals surface area contributed by atoms with E-state index in [0.29, 0.717) is 24.5 Å². The zero-order valence-electron chi connectivity index (χ0n) is 11.2. The number of nitrogens with zero attached hydrogens (tertiary/aromatic N) is 1. The van der Waals surface area contributed by atoms with Gasteiger partial charge in [-0.3, -0.25) is 0 Å². The molecule has 2 unspecified atom stereocenters. The first kappa shape index (κ1) is 15.0. The van der Waals surface area contributed by atoms with Crippen molar-refractivity contribution < 1.29 is 18.3 Å². The van der Waals surface area contributed by atoms with Crippen molar-refractivity contribution in [3.8, 4) is 0 Å². The van der Waals surface area contributed by atoms with E-state index in [1.54, 1.807) is 6.07 Å². The van der Waals surface area contributed by atoms with Crippen LogP contribution >= 0.6 is 0 Å². The quantitative estimate of drug-likeness (QED) is 0.648. The highest BCUT2D eigenvalue weighted by Gasteiger charge is 2.27. The van der Waals surface area contributed by atoms with Gasteiger partial charge in [-0.25, -0.2) is 13.6 Å². The summed E-state index contributed by atoms with van der Waals surface area (Å²) in [6, 6.07) is 4.49. The molecule has 1 fully saturated rings. The molecule has 112 valence electrons. The normalized spacial score (nSPS) is 23.9. The lowest BCUT2D eigenvalue weighted by Gasteiger charge is -2.39. The molecule has 1 heterocycles. The summed E-state index contributed by atoms with van der Waals surface area (Å²) in [7, 11) is -3.76. The number of aliphatic hydroxyl groups is 1. The minimum Gasteiger partial charge on any atom is -0.397 e. The van der Waals surface area contributed by atoms with Gasteiger partial charge < -0.3 is 20.5 Å². The van der Waals surface area contributed by atoms with E-state index in [1.807, 2.05) is 11.8 Å². The Labute approximate surface area is 118 Å². The second kappa shape index (κ2) is 5.57. The summed E-state index contributed by atoms with van der Waals surface area (Å²) in [6.07, 6.45) is -0.275. The van der Waals surface area contributed by atoms with E-state index in [2.05, 4.69) is 0 Å². The monoisotopic (exact) mass is 301 g/mol. The molecule has 1 aliphatic heterocycles. The first-order valence-electron chi connectivity index (χ1n) is 6.24. The molecule has 0 bridgehead atoms. The Morgan fingerprint density at radius 2 is 2.20 bits per heavy atom. The molecular weight excluding hydrogens is 282 g/mol. The van der Waals surface area contributed by atoms with Crippen LogP contribution in [0.25, 0.3) is 0 Å². The second-order valence-corrected chi connectivity index (χ2v) is 6.47. The van der Waals surface area contributed by atoms with Gasteiger partial charge in [-0.05, 0) is 25.1 Å². The molecule has 2 rings (SSSR count). The van der Waals surface area contributed by atoms with E-state index in [4.69, 9.17) is 15.6 Å². The molecule has 8 heteroatoms. The van der Waals surface area contributed by atoms with Crippen LogP contribution in [0.5, 0.6) is 0 Å². The number of aliphatic hydroxyl groups excluding tert-OH is 1. The van der Waals surface area contributed by atoms with Gasteiger partial charge >= 0.3 is 0 Å². The van der Waals surface area contributed by atoms with Crippen LogP contribution in [0.3, 0.4) is 0 Å². The van der Waals surface area contributed by atoms with Crippen LogP contribution in [0.1, 0.15) is 6.92 Å². The lowest BCUT2D eigenvalue weighted by atomic mass is 10.1. The van der Waals surface area contributed by atoms with Crippen molar-refractivity contribution in [2.24, 2.45) is 5.14 Å². The average Bonchev–Trinajstić information content (AvgIpc) is 2.38. The second-order valence-electron chi connectivity index (χ2n) is 4.90. The fourth-order valence-electron chi connectivity index (χ4n) is 2.23. The summed E-state index contributed by atoms with van der Waals surface area (Å²) >= 11 is 0. The minimum atomic E-state index is -3.76. The third kappa shape index (κ3) is 3.04. The molecule has 1 saturated heterocycles. The number of anilines is 2. The van der Waals surface area contributed by atoms with Crippen molar-refractivity contribution in [1.82, 2.24) is 0 Å². The van der Waals surface area contributed by atoms with Gasteiger partial charge in [-0.1, -0.05) is 0 Å². The topological polar surface area (TPSA) is 119 Å². The van der Waals surface area contributed by atoms with Crippen LogP contribution in [0.15, 0.2) is 23.1 Å². The maximum absolute atomic E-state index is 11.3. The van der Waals surface area contributed by atoms with Crippen LogP contribution < -0.4 is 15.8 Å². The molecule has 7 nitrogen and oxygen atoms in total. The molecule has 0 saturated carbocycles. The maximum Gasteiger partial charge on any atom is 0.238 e. The van der Waals surface area contributed by atoms with Gasteiger partial charge in [0.2, 0.25) is 10.0 Å². The molecule has 1 aromatic carbocycles. The van der Waals surface area contributed by atoms with Gasteiger partial charge in [0.15, 0.2) is 0 Å². The summed E-state index contributed by atoms with van der Waals surface area (Å²) < 4.78 is 28.0. The van der Waals surface area contributed by atoms with Gasteiger partial charge in [0.25, 0.3) is 0 Å². The van der Waals surface area contributed by atoms with Crippen molar-refractivity contribution in [2.75, 3.05) is 30.4 Å². The predicted molar refractivity (Wildman–Crippen MR) is 75.9 cm³/mol. The molecule has 0 aliphatic carbocycles. The predicted octanol–water partition coefficient (Wildman–Crippen LogP) is -0.498. The van der Waals surface area contributed by atoms with Crippen LogP contribution in [0.2, 0.25) is 0 Å². The van der Waals surface area contributed by atoms with Crippen molar-refractivity contribution in [3.63, 3.8) is 0 Å². The number of morpholine rings is 1. The number of primary sulfonamides is 1. The van der Waals surface area contributed by atoms with E-state index >= 15 is 0 Å². The molecule has 0 spiro atoms. The zero-order valence-corrected chi connectivity index (χ0v) is 12.0. The Bertz CT molecular complexity index is 590. The highest BCUT2D eigenvalue weighted by molar-refractivity contribution is 7.89. The molecule has 20 heavy (non-hydrogen) atoms. The lowest BCUT2D eigenvalue weighted by Crippen LogP contribution is -2.49. The number of hydrogen-bond donors (Lipinski definition) is 3. The van der Waals surface area contributed by atoms with E-state index < -0.39 is 10.0 Å². The summed E-state index contributed by atoms with van der Waals surface area (Å²) in [6.45, 7) is 2.87. The lowest BCUT2D eigenvalue weighted by molar-refractivity contribution is -0.0102. The van der Waals surface area contributed by atoms with E-state index in [1.165, 1.54) is 12.1 Å². The van der Waals surface area contributed by atoms with Gasteiger partial charge in [-0.15, -0.1) is 0 Å². The summed E-state index contributed by atoms with van der Waals surface area (Å²) in [4.78, 5) is 1.98. The van der Waals surface area contributed by atoms with Crippen molar-refractivity contribution >= 4 is 21.4 Å². The Kier molecular flexibility index (Phi) is 4.19. The molecule has 1 aliphatic rings. The molecule has 0 radical (unpaired) electrons. The molecule has 2 atom stereocenters. The third-order valence-electron chi connectivity index (χ3n) is 3.35. The third-order valence-corrected chi connectivity index (χ3v) is 4.26. The van der Waals surface area contributed by atoms with Crippen LogP contribution in [-0.2, 0) is 14.8 Å². The Hall–Kier alpha value is -1.35. The van der Waals surface area contributed by atoms with Crippen molar-refractivity contribution in [2.45, 2.75) is 24.0 Å². The summed E-state index contributed by atoms with van der Waals surface area (Å²) in [5.74, 6) is 0. The van der Waals surface area contributed by atoms with E-state index in [0.717, 1.165) is 0 Å². The standard InChI is InChI=1S/C12H19N3O4S/c1-8-7-19-9(6-16)5-15(8)12-3-2-10(4-11(12)13)20(14,17)18/h2-4,8-9,16H,5-7,13H2,1H3,(H2,14,17,18). The first-order chi connectivity index (χ1) is 9.32. The maximum atomic E-state index is 11.3. The Morgan fingerprint density at radius 3 is 2.75 bits per heavy atom. The van der Waals surface area contributed by atoms with Gasteiger partial charge in [0.1, 0.15) is 0 Å². The summed E-state index contributed by atoms with van der Waals surface area (Å²) in [5, 5.41) is 14.3. The zero-order chi connectivity index (χ0) is 14.9. The van der Waals surface area contributed by atoms with Gasteiger partial charge in [0.05, 0.1) is 35.6 Å². The van der Waals surface area contributed by atoms with Crippen LogP contribution in [-0.4, -0.2) is 45.4 Å². The van der Waals surface area contributed by atoms with Crippen molar-refractivity contribution in [1.29, 1.82) is 0 Å². The Morgan fingerprint density at radius 1 is 1.50 bits per heavy atom. The van der Waals surface area contributed by atoms with Crippen molar-refractivity contribution in [3.05, 3.63) is 18.2 Å². The Balaban J connectivity index is 2.32. The molecule has 0 aromatic heterocycles. The smallest absolute Gasteiger partial charge is 0.238 e. The highest BCUT2D eigenvalue weighted by Crippen LogP contribution is 2.29. The number of benzene rings is 1. The number of ether oxygens (including phenoxy) is 1. The molecule has 0 amide bonds. The average molecular weight is 301 g/mol. The number of nitrogen functional groups attached to an aromatic ring is 1. The molecular formula is C12H19N3O4S. The molecule has 1 aromatic rings. The van der Waals surface area contributed by atoms with Crippen LogP contribution in [0.4, 0.5) is 11.4 Å². The number of hydrogen-bond acceptors (Lipinski definition) is 6. The minimum absolute atomic E-state index is 0.0154. The largest absolute Gasteiger partial charge is 0.397 e. The summed E-state index contributed by atoms with van der Waals surface area (Å²) in [5.41, 5.74) is 6.98. The van der Waals surface area contributed by atoms with Crippen LogP contribution in [0, 0.1) is 0 Å². The number of nitrogens with two attached hydrogens (primary N) is 2. The van der Waals surface area contributed by atoms with Gasteiger partial charge in [0, 0.05) is 12.6 Å². The number of sulfonamides is 1. The SMILES string of the molecule is CC1COC(CO)CN1c1ccc(S(N)(=O)=O)cc1N. The van der Waals surface area contributed by atoms with Gasteiger partial charge in [-0.2, -0.15) is 0 Å². The number of rotatable bonds is 3. The molecule has 5 N–H and O–H groups in total. The fraction of sp³-hybridized carbons (Fsp3) is 0.500. The highest BCUT2D eigenvalue weighted by atomic mass is 32.2. The van der Waals surface area contributed by atoms with E-state index in [-0.39, 0.29) is 23.6 Å².